The summed E-state index contributed by atoms with van der Waals surface area (Å²) in [6.07, 6.45) is -1.14. The highest BCUT2D eigenvalue weighted by Gasteiger charge is 2.44. The fourth-order valence-corrected chi connectivity index (χ4v) is 5.08. The van der Waals surface area contributed by atoms with Gasteiger partial charge in [0.2, 0.25) is 0 Å². The molecule has 0 aliphatic carbocycles. The van der Waals surface area contributed by atoms with Gasteiger partial charge in [-0.15, -0.1) is 0 Å². The molecular formula is C22H22N4O4S. The van der Waals surface area contributed by atoms with Crippen molar-refractivity contribution in [2.24, 2.45) is 0 Å². The van der Waals surface area contributed by atoms with Gasteiger partial charge in [0.1, 0.15) is 35.2 Å². The van der Waals surface area contributed by atoms with Crippen molar-refractivity contribution in [1.82, 2.24) is 19.5 Å². The standard InChI is InChI=1S/C22H22N4O4S/c1-12-6-7-13-4-2-3-5-14(13)15(12)9-31-21-17-20(23-10-24-21)26(11-25-17)22-19(29)18(28)16(8-27)30-22/h2-7,10-11,16,18-19,22,27-29H,8-9H2,1H3/t16-,18+,19+,22+/m0/s1. The van der Waals surface area contributed by atoms with E-state index in [1.54, 1.807) is 16.3 Å². The topological polar surface area (TPSA) is 114 Å². The van der Waals surface area contributed by atoms with E-state index in [0.29, 0.717) is 11.2 Å². The largest absolute Gasteiger partial charge is 0.394 e. The maximum Gasteiger partial charge on any atom is 0.166 e. The highest BCUT2D eigenvalue weighted by atomic mass is 32.2. The quantitative estimate of drug-likeness (QED) is 0.321. The molecule has 0 amide bonds. The molecule has 1 aliphatic heterocycles. The summed E-state index contributed by atoms with van der Waals surface area (Å²) < 4.78 is 7.20. The summed E-state index contributed by atoms with van der Waals surface area (Å²) in [7, 11) is 0. The van der Waals surface area contributed by atoms with Crippen LogP contribution in [0.4, 0.5) is 0 Å². The maximum absolute atomic E-state index is 10.4. The number of thioether (sulfide) groups is 1. The lowest BCUT2D eigenvalue weighted by Crippen LogP contribution is -2.33. The minimum absolute atomic E-state index is 0.387. The van der Waals surface area contributed by atoms with Crippen LogP contribution >= 0.6 is 11.8 Å². The molecule has 160 valence electrons. The predicted octanol–water partition coefficient (Wildman–Crippen LogP) is 2.19. The van der Waals surface area contributed by atoms with Crippen LogP contribution < -0.4 is 0 Å². The summed E-state index contributed by atoms with van der Waals surface area (Å²) in [6.45, 7) is 1.72. The zero-order valence-electron chi connectivity index (χ0n) is 16.8. The second kappa shape index (κ2) is 8.18. The molecule has 4 atom stereocenters. The summed E-state index contributed by atoms with van der Waals surface area (Å²) in [5, 5.41) is 32.9. The molecule has 5 rings (SSSR count). The molecule has 0 radical (unpaired) electrons. The van der Waals surface area contributed by atoms with Gasteiger partial charge >= 0.3 is 0 Å². The third-order valence-corrected chi connectivity index (χ3v) is 6.75. The molecule has 2 aromatic carbocycles. The molecule has 1 saturated heterocycles. The van der Waals surface area contributed by atoms with E-state index in [2.05, 4.69) is 46.1 Å². The van der Waals surface area contributed by atoms with Crippen molar-refractivity contribution in [2.45, 2.75) is 42.2 Å². The first kappa shape index (κ1) is 20.3. The van der Waals surface area contributed by atoms with Crippen LogP contribution in [0, 0.1) is 6.92 Å². The number of fused-ring (bicyclic) bond motifs is 2. The highest BCUT2D eigenvalue weighted by Crippen LogP contribution is 2.34. The normalized spacial score (nSPS) is 23.7. The fraction of sp³-hybridized carbons (Fsp3) is 0.318. The Bertz CT molecular complexity index is 1250. The monoisotopic (exact) mass is 438 g/mol. The van der Waals surface area contributed by atoms with Gasteiger partial charge in [0.05, 0.1) is 12.9 Å². The summed E-state index contributed by atoms with van der Waals surface area (Å²) in [4.78, 5) is 13.2. The second-order valence-corrected chi connectivity index (χ2v) is 8.57. The number of aromatic nitrogens is 4. The van der Waals surface area contributed by atoms with Gasteiger partial charge in [-0.3, -0.25) is 4.57 Å². The molecule has 0 saturated carbocycles. The molecule has 0 bridgehead atoms. The van der Waals surface area contributed by atoms with E-state index in [0.717, 1.165) is 10.8 Å². The molecule has 1 fully saturated rings. The summed E-state index contributed by atoms with van der Waals surface area (Å²) >= 11 is 1.57. The zero-order chi connectivity index (χ0) is 21.5. The number of rotatable bonds is 5. The molecule has 3 N–H and O–H groups in total. The Morgan fingerprint density at radius 1 is 1.06 bits per heavy atom. The smallest absolute Gasteiger partial charge is 0.166 e. The molecule has 8 nitrogen and oxygen atoms in total. The third kappa shape index (κ3) is 3.48. The van der Waals surface area contributed by atoms with Crippen LogP contribution in [0.25, 0.3) is 21.9 Å². The van der Waals surface area contributed by atoms with Crippen molar-refractivity contribution in [2.75, 3.05) is 6.61 Å². The van der Waals surface area contributed by atoms with Gasteiger partial charge in [-0.1, -0.05) is 48.2 Å². The average Bonchev–Trinajstić information content (AvgIpc) is 3.34. The van der Waals surface area contributed by atoms with E-state index in [4.69, 9.17) is 4.74 Å². The van der Waals surface area contributed by atoms with Gasteiger partial charge in [-0.05, 0) is 28.8 Å². The first-order valence-corrected chi connectivity index (χ1v) is 11.0. The van der Waals surface area contributed by atoms with Gasteiger partial charge < -0.3 is 20.1 Å². The first-order valence-electron chi connectivity index (χ1n) is 9.98. The van der Waals surface area contributed by atoms with Crippen molar-refractivity contribution in [3.8, 4) is 0 Å². The van der Waals surface area contributed by atoms with E-state index < -0.39 is 24.5 Å². The van der Waals surface area contributed by atoms with E-state index in [9.17, 15) is 15.3 Å². The van der Waals surface area contributed by atoms with Crippen LogP contribution in [-0.4, -0.2) is 59.8 Å². The maximum atomic E-state index is 10.4. The molecule has 0 unspecified atom stereocenters. The minimum atomic E-state index is -1.20. The van der Waals surface area contributed by atoms with Gasteiger partial charge in [0, 0.05) is 5.75 Å². The van der Waals surface area contributed by atoms with E-state index in [1.165, 1.54) is 34.6 Å². The highest BCUT2D eigenvalue weighted by molar-refractivity contribution is 7.98. The van der Waals surface area contributed by atoms with E-state index in [-0.39, 0.29) is 6.61 Å². The predicted molar refractivity (Wildman–Crippen MR) is 117 cm³/mol. The number of aliphatic hydroxyl groups is 3. The minimum Gasteiger partial charge on any atom is -0.394 e. The molecule has 3 heterocycles. The van der Waals surface area contributed by atoms with Crippen molar-refractivity contribution in [3.63, 3.8) is 0 Å². The van der Waals surface area contributed by atoms with Gasteiger partial charge in [0.15, 0.2) is 11.9 Å². The molecule has 31 heavy (non-hydrogen) atoms. The molecule has 2 aromatic heterocycles. The lowest BCUT2D eigenvalue weighted by Gasteiger charge is -2.16. The molecule has 9 heteroatoms. The van der Waals surface area contributed by atoms with Crippen molar-refractivity contribution >= 4 is 33.7 Å². The van der Waals surface area contributed by atoms with E-state index >= 15 is 0 Å². The van der Waals surface area contributed by atoms with Crippen LogP contribution in [0.2, 0.25) is 0 Å². The van der Waals surface area contributed by atoms with Crippen molar-refractivity contribution < 1.29 is 20.1 Å². The molecular weight excluding hydrogens is 416 g/mol. The number of ether oxygens (including phenoxy) is 1. The summed E-state index contributed by atoms with van der Waals surface area (Å²) in [6, 6.07) is 12.6. The Morgan fingerprint density at radius 2 is 1.90 bits per heavy atom. The molecule has 4 aromatic rings. The van der Waals surface area contributed by atoms with Gasteiger partial charge in [0.25, 0.3) is 0 Å². The number of hydrogen-bond donors (Lipinski definition) is 3. The summed E-state index contributed by atoms with van der Waals surface area (Å²) in [5.41, 5.74) is 3.57. The van der Waals surface area contributed by atoms with Crippen molar-refractivity contribution in [3.05, 3.63) is 60.2 Å². The zero-order valence-corrected chi connectivity index (χ0v) is 17.6. The van der Waals surface area contributed by atoms with Crippen LogP contribution in [0.15, 0.2) is 54.1 Å². The third-order valence-electron chi connectivity index (χ3n) is 5.74. The van der Waals surface area contributed by atoms with Crippen LogP contribution in [0.5, 0.6) is 0 Å². The number of benzene rings is 2. The van der Waals surface area contributed by atoms with Gasteiger partial charge in [-0.2, -0.15) is 0 Å². The first-order chi connectivity index (χ1) is 15.1. The Kier molecular flexibility index (Phi) is 5.37. The Morgan fingerprint density at radius 3 is 2.71 bits per heavy atom. The second-order valence-electron chi connectivity index (χ2n) is 7.60. The van der Waals surface area contributed by atoms with Crippen LogP contribution in [-0.2, 0) is 10.5 Å². The van der Waals surface area contributed by atoms with Crippen LogP contribution in [0.1, 0.15) is 17.4 Å². The van der Waals surface area contributed by atoms with Crippen LogP contribution in [0.3, 0.4) is 0 Å². The fourth-order valence-electron chi connectivity index (χ4n) is 4.01. The Hall–Kier alpha value is -2.56. The SMILES string of the molecule is Cc1ccc2ccccc2c1CSc1ncnc2c1ncn2[C@@H]1O[C@@H](CO)[C@@H](O)[C@H]1O. The Labute approximate surface area is 182 Å². The average molecular weight is 439 g/mol. The lowest BCUT2D eigenvalue weighted by atomic mass is 10.0. The van der Waals surface area contributed by atoms with E-state index in [1.807, 2.05) is 12.1 Å². The number of nitrogens with zero attached hydrogens (tertiary/aromatic N) is 4. The lowest BCUT2D eigenvalue weighted by molar-refractivity contribution is -0.0511. The number of aryl methyl sites for hydroxylation is 1. The van der Waals surface area contributed by atoms with Gasteiger partial charge in [-0.25, -0.2) is 15.0 Å². The summed E-state index contributed by atoms with van der Waals surface area (Å²) in [5.74, 6) is 0.722. The number of aliphatic hydroxyl groups excluding tert-OH is 3. The molecule has 0 spiro atoms. The van der Waals surface area contributed by atoms with Crippen molar-refractivity contribution in [1.29, 1.82) is 0 Å². The Balaban J connectivity index is 1.46. The molecule has 1 aliphatic rings. The number of imidazole rings is 1. The number of hydrogen-bond acceptors (Lipinski definition) is 8.